The average molecular weight is 389 g/mol. The molecule has 154 valence electrons. The Morgan fingerprint density at radius 3 is 2.57 bits per heavy atom. The van der Waals surface area contributed by atoms with Crippen molar-refractivity contribution in [3.05, 3.63) is 23.8 Å². The van der Waals surface area contributed by atoms with Gasteiger partial charge in [-0.05, 0) is 37.5 Å². The standard InChI is InChI=1S/C21H32N4O3/c1-4-22-20(23-14-19(26)25-9-5-6-10-25)24-15-21(2,3)16-7-8-17-18(13-16)28-12-11-27-17/h7-8,13H,4-6,9-12,14-15H2,1-3H3,(H2,22,23,24). The first-order valence-electron chi connectivity index (χ1n) is 10.2. The van der Waals surface area contributed by atoms with Crippen molar-refractivity contribution < 1.29 is 14.3 Å². The summed E-state index contributed by atoms with van der Waals surface area (Å²) in [6, 6.07) is 6.10. The summed E-state index contributed by atoms with van der Waals surface area (Å²) in [5.41, 5.74) is 1.01. The van der Waals surface area contributed by atoms with Crippen LogP contribution in [-0.4, -0.2) is 62.7 Å². The number of carbonyl (C=O) groups excluding carboxylic acids is 1. The highest BCUT2D eigenvalue weighted by atomic mass is 16.6. The highest BCUT2D eigenvalue weighted by Crippen LogP contribution is 2.34. The maximum atomic E-state index is 12.3. The molecule has 2 aliphatic heterocycles. The Kier molecular flexibility index (Phi) is 6.65. The monoisotopic (exact) mass is 388 g/mol. The molecule has 1 fully saturated rings. The van der Waals surface area contributed by atoms with Crippen LogP contribution in [0, 0.1) is 0 Å². The summed E-state index contributed by atoms with van der Waals surface area (Å²) in [5.74, 6) is 2.36. The maximum absolute atomic E-state index is 12.3. The lowest BCUT2D eigenvalue weighted by Gasteiger charge is -2.28. The molecule has 0 saturated carbocycles. The molecule has 1 aromatic carbocycles. The number of likely N-dealkylation sites (tertiary alicyclic amines) is 1. The predicted molar refractivity (Wildman–Crippen MR) is 110 cm³/mol. The summed E-state index contributed by atoms with van der Waals surface area (Å²) < 4.78 is 11.3. The van der Waals surface area contributed by atoms with Crippen LogP contribution < -0.4 is 20.1 Å². The number of rotatable bonds is 6. The lowest BCUT2D eigenvalue weighted by atomic mass is 9.84. The molecule has 2 N–H and O–H groups in total. The van der Waals surface area contributed by atoms with Crippen LogP contribution in [0.25, 0.3) is 0 Å². The molecule has 0 aliphatic carbocycles. The normalized spacial score (nSPS) is 16.8. The highest BCUT2D eigenvalue weighted by molar-refractivity contribution is 5.85. The number of aliphatic imine (C=N–C) groups is 1. The number of hydrogen-bond acceptors (Lipinski definition) is 4. The zero-order chi connectivity index (χ0) is 20.0. The van der Waals surface area contributed by atoms with Crippen molar-refractivity contribution in [2.75, 3.05) is 45.9 Å². The average Bonchev–Trinajstić information content (AvgIpc) is 3.24. The molecule has 1 saturated heterocycles. The third kappa shape index (κ3) is 5.09. The van der Waals surface area contributed by atoms with E-state index in [9.17, 15) is 4.79 Å². The van der Waals surface area contributed by atoms with Crippen LogP contribution in [0.2, 0.25) is 0 Å². The molecular weight excluding hydrogens is 356 g/mol. The maximum Gasteiger partial charge on any atom is 0.244 e. The Hall–Kier alpha value is -2.44. The van der Waals surface area contributed by atoms with Crippen molar-refractivity contribution in [3.8, 4) is 11.5 Å². The lowest BCUT2D eigenvalue weighted by Crippen LogP contribution is -2.44. The van der Waals surface area contributed by atoms with E-state index in [1.165, 1.54) is 0 Å². The van der Waals surface area contributed by atoms with Crippen molar-refractivity contribution in [2.24, 2.45) is 4.99 Å². The van der Waals surface area contributed by atoms with Gasteiger partial charge in [0.05, 0.1) is 0 Å². The summed E-state index contributed by atoms with van der Waals surface area (Å²) in [6.45, 7) is 10.9. The van der Waals surface area contributed by atoms with Crippen molar-refractivity contribution in [2.45, 2.75) is 39.0 Å². The number of amides is 1. The summed E-state index contributed by atoms with van der Waals surface area (Å²) in [7, 11) is 0. The molecule has 2 aliphatic rings. The number of guanidine groups is 1. The fourth-order valence-electron chi connectivity index (χ4n) is 3.43. The molecule has 0 aromatic heterocycles. The Labute approximate surface area is 167 Å². The first kappa shape index (κ1) is 20.3. The van der Waals surface area contributed by atoms with E-state index in [1.54, 1.807) is 0 Å². The summed E-state index contributed by atoms with van der Waals surface area (Å²) in [5, 5.41) is 6.61. The molecule has 28 heavy (non-hydrogen) atoms. The van der Waals surface area contributed by atoms with E-state index in [-0.39, 0.29) is 17.9 Å². The second-order valence-corrected chi connectivity index (χ2v) is 7.88. The molecule has 0 radical (unpaired) electrons. The van der Waals surface area contributed by atoms with E-state index in [4.69, 9.17) is 9.47 Å². The van der Waals surface area contributed by atoms with E-state index in [2.05, 4.69) is 41.6 Å². The quantitative estimate of drug-likeness (QED) is 0.575. The second-order valence-electron chi connectivity index (χ2n) is 7.88. The molecule has 3 rings (SSSR count). The van der Waals surface area contributed by atoms with Gasteiger partial charge < -0.3 is 25.0 Å². The van der Waals surface area contributed by atoms with Gasteiger partial charge in [-0.3, -0.25) is 4.79 Å². The Morgan fingerprint density at radius 2 is 1.86 bits per heavy atom. The second kappa shape index (κ2) is 9.17. The Bertz CT molecular complexity index is 712. The van der Waals surface area contributed by atoms with Gasteiger partial charge in [0.15, 0.2) is 17.5 Å². The van der Waals surface area contributed by atoms with Gasteiger partial charge >= 0.3 is 0 Å². The molecule has 2 heterocycles. The van der Waals surface area contributed by atoms with Gasteiger partial charge in [0.2, 0.25) is 5.91 Å². The fourth-order valence-corrected chi connectivity index (χ4v) is 3.43. The number of carbonyl (C=O) groups is 1. The lowest BCUT2D eigenvalue weighted by molar-refractivity contribution is -0.128. The summed E-state index contributed by atoms with van der Waals surface area (Å²) >= 11 is 0. The van der Waals surface area contributed by atoms with Crippen molar-refractivity contribution in [1.82, 2.24) is 15.5 Å². The van der Waals surface area contributed by atoms with Crippen LogP contribution in [0.1, 0.15) is 39.2 Å². The number of nitrogens with one attached hydrogen (secondary N) is 2. The number of ether oxygens (including phenoxy) is 2. The molecule has 0 bridgehead atoms. The van der Waals surface area contributed by atoms with E-state index in [0.29, 0.717) is 25.7 Å². The topological polar surface area (TPSA) is 75.2 Å². The summed E-state index contributed by atoms with van der Waals surface area (Å²) in [4.78, 5) is 18.6. The summed E-state index contributed by atoms with van der Waals surface area (Å²) in [6.07, 6.45) is 2.19. The van der Waals surface area contributed by atoms with E-state index in [0.717, 1.165) is 49.5 Å². The van der Waals surface area contributed by atoms with Gasteiger partial charge in [-0.15, -0.1) is 0 Å². The molecule has 1 amide bonds. The molecule has 0 spiro atoms. The first-order chi connectivity index (χ1) is 13.5. The smallest absolute Gasteiger partial charge is 0.244 e. The van der Waals surface area contributed by atoms with Crippen molar-refractivity contribution in [1.29, 1.82) is 0 Å². The molecular formula is C21H32N4O3. The molecule has 7 nitrogen and oxygen atoms in total. The zero-order valence-corrected chi connectivity index (χ0v) is 17.2. The van der Waals surface area contributed by atoms with Gasteiger partial charge in [-0.25, -0.2) is 4.99 Å². The molecule has 1 aromatic rings. The highest BCUT2D eigenvalue weighted by Gasteiger charge is 2.24. The van der Waals surface area contributed by atoms with E-state index >= 15 is 0 Å². The van der Waals surface area contributed by atoms with Crippen molar-refractivity contribution >= 4 is 11.9 Å². The zero-order valence-electron chi connectivity index (χ0n) is 17.2. The third-order valence-electron chi connectivity index (χ3n) is 5.20. The predicted octanol–water partition coefficient (Wildman–Crippen LogP) is 1.91. The largest absolute Gasteiger partial charge is 0.486 e. The third-order valence-corrected chi connectivity index (χ3v) is 5.20. The van der Waals surface area contributed by atoms with Gasteiger partial charge in [0.25, 0.3) is 0 Å². The van der Waals surface area contributed by atoms with Crippen LogP contribution in [0.15, 0.2) is 23.2 Å². The molecule has 0 atom stereocenters. The van der Waals surface area contributed by atoms with Crippen LogP contribution in [0.5, 0.6) is 11.5 Å². The van der Waals surface area contributed by atoms with Gasteiger partial charge in [0, 0.05) is 31.6 Å². The molecule has 0 unspecified atom stereocenters. The minimum absolute atomic E-state index is 0.0980. The van der Waals surface area contributed by atoms with Gasteiger partial charge in [0.1, 0.15) is 19.8 Å². The van der Waals surface area contributed by atoms with Crippen LogP contribution in [0.4, 0.5) is 0 Å². The number of nitrogens with zero attached hydrogens (tertiary/aromatic N) is 2. The van der Waals surface area contributed by atoms with Gasteiger partial charge in [-0.2, -0.15) is 0 Å². The minimum Gasteiger partial charge on any atom is -0.486 e. The van der Waals surface area contributed by atoms with Gasteiger partial charge in [-0.1, -0.05) is 19.9 Å². The number of fused-ring (bicyclic) bond motifs is 1. The first-order valence-corrected chi connectivity index (χ1v) is 10.2. The van der Waals surface area contributed by atoms with Crippen molar-refractivity contribution in [3.63, 3.8) is 0 Å². The molecule has 7 heteroatoms. The van der Waals surface area contributed by atoms with Crippen LogP contribution in [-0.2, 0) is 10.2 Å². The minimum atomic E-state index is -0.148. The van der Waals surface area contributed by atoms with E-state index < -0.39 is 0 Å². The Balaban J connectivity index is 1.61. The number of benzene rings is 1. The van der Waals surface area contributed by atoms with Crippen LogP contribution >= 0.6 is 0 Å². The fraction of sp³-hybridized carbons (Fsp3) is 0.619. The van der Waals surface area contributed by atoms with E-state index in [1.807, 2.05) is 17.9 Å². The van der Waals surface area contributed by atoms with Crippen LogP contribution in [0.3, 0.4) is 0 Å². The Morgan fingerprint density at radius 1 is 1.14 bits per heavy atom. The SMILES string of the molecule is CCNC(=NCC(=O)N1CCCC1)NCC(C)(C)c1ccc2c(c1)OCCO2. The number of hydrogen-bond donors (Lipinski definition) is 2.